The molecule has 1 rings (SSSR count). The van der Waals surface area contributed by atoms with E-state index in [1.54, 1.807) is 26.2 Å². The van der Waals surface area contributed by atoms with Gasteiger partial charge in [0.2, 0.25) is 5.91 Å². The van der Waals surface area contributed by atoms with Crippen LogP contribution in [0.3, 0.4) is 0 Å². The minimum absolute atomic E-state index is 0.0346. The first kappa shape index (κ1) is 20.5. The average Bonchev–Trinajstić information content (AvgIpc) is 2.54. The molecular formula is C18H27FN4O2. The number of carbonyl (C=O) groups is 1. The number of guanidine groups is 1. The number of methoxy groups -OCH3 is 1. The van der Waals surface area contributed by atoms with E-state index in [2.05, 4.69) is 16.9 Å². The maximum Gasteiger partial charge on any atom is 0.243 e. The maximum absolute atomic E-state index is 13.8. The van der Waals surface area contributed by atoms with E-state index in [-0.39, 0.29) is 18.2 Å². The van der Waals surface area contributed by atoms with Gasteiger partial charge >= 0.3 is 0 Å². The average molecular weight is 350 g/mol. The molecule has 1 amide bonds. The van der Waals surface area contributed by atoms with Gasteiger partial charge in [0.25, 0.3) is 0 Å². The molecule has 0 aliphatic carbocycles. The van der Waals surface area contributed by atoms with Crippen molar-refractivity contribution < 1.29 is 13.9 Å². The molecule has 0 unspecified atom stereocenters. The standard InChI is InChI=1S/C18H27FN4O2/c1-13(2)10-20-18(21-11-17(24)22(3)4)23(5)12-14-7-8-16(25-6)15(19)9-14/h7-9H,1,10-12H2,2-6H3,(H,20,21). The van der Waals surface area contributed by atoms with Crippen molar-refractivity contribution in [2.75, 3.05) is 41.3 Å². The van der Waals surface area contributed by atoms with Gasteiger partial charge in [0.05, 0.1) is 7.11 Å². The first-order valence-corrected chi connectivity index (χ1v) is 7.91. The highest BCUT2D eigenvalue weighted by atomic mass is 19.1. The molecule has 6 nitrogen and oxygen atoms in total. The number of hydrogen-bond donors (Lipinski definition) is 1. The van der Waals surface area contributed by atoms with E-state index in [9.17, 15) is 9.18 Å². The molecule has 0 spiro atoms. The van der Waals surface area contributed by atoms with Gasteiger partial charge in [-0.1, -0.05) is 18.2 Å². The van der Waals surface area contributed by atoms with E-state index >= 15 is 0 Å². The molecule has 0 saturated heterocycles. The van der Waals surface area contributed by atoms with Gasteiger partial charge in [-0.05, 0) is 24.6 Å². The Morgan fingerprint density at radius 1 is 1.36 bits per heavy atom. The summed E-state index contributed by atoms with van der Waals surface area (Å²) in [6.07, 6.45) is 0. The third-order valence-corrected chi connectivity index (χ3v) is 3.41. The Labute approximate surface area is 149 Å². The van der Waals surface area contributed by atoms with Crippen LogP contribution < -0.4 is 10.1 Å². The van der Waals surface area contributed by atoms with Gasteiger partial charge in [-0.15, -0.1) is 0 Å². The van der Waals surface area contributed by atoms with Crippen LogP contribution in [0.1, 0.15) is 12.5 Å². The molecule has 0 aliphatic heterocycles. The predicted molar refractivity (Wildman–Crippen MR) is 98.2 cm³/mol. The topological polar surface area (TPSA) is 57.2 Å². The highest BCUT2D eigenvalue weighted by molar-refractivity contribution is 5.84. The molecule has 1 aromatic rings. The van der Waals surface area contributed by atoms with Gasteiger partial charge in [0.1, 0.15) is 6.54 Å². The summed E-state index contributed by atoms with van der Waals surface area (Å²) in [5.74, 6) is 0.245. The van der Waals surface area contributed by atoms with Crippen molar-refractivity contribution in [1.82, 2.24) is 15.1 Å². The highest BCUT2D eigenvalue weighted by Crippen LogP contribution is 2.18. The van der Waals surface area contributed by atoms with Crippen LogP contribution in [0.4, 0.5) is 4.39 Å². The van der Waals surface area contributed by atoms with Gasteiger partial charge in [0.15, 0.2) is 17.5 Å². The molecule has 0 heterocycles. The summed E-state index contributed by atoms with van der Waals surface area (Å²) in [5, 5.41) is 3.16. The van der Waals surface area contributed by atoms with E-state index in [1.807, 2.05) is 18.9 Å². The monoisotopic (exact) mass is 350 g/mol. The lowest BCUT2D eigenvalue weighted by Gasteiger charge is -2.23. The Hall–Kier alpha value is -2.57. The molecule has 0 aliphatic rings. The predicted octanol–water partition coefficient (Wildman–Crippen LogP) is 1.88. The second kappa shape index (κ2) is 9.66. The number of amides is 1. The second-order valence-corrected chi connectivity index (χ2v) is 6.06. The molecule has 138 valence electrons. The van der Waals surface area contributed by atoms with E-state index < -0.39 is 5.82 Å². The summed E-state index contributed by atoms with van der Waals surface area (Å²) in [6.45, 7) is 6.75. The molecule has 25 heavy (non-hydrogen) atoms. The summed E-state index contributed by atoms with van der Waals surface area (Å²) >= 11 is 0. The van der Waals surface area contributed by atoms with Crippen LogP contribution in [0, 0.1) is 5.82 Å². The van der Waals surface area contributed by atoms with Crippen molar-refractivity contribution in [3.05, 3.63) is 41.7 Å². The van der Waals surface area contributed by atoms with Crippen LogP contribution in [0.15, 0.2) is 35.3 Å². The summed E-state index contributed by atoms with van der Waals surface area (Å²) in [5.41, 5.74) is 1.71. The number of rotatable bonds is 7. The van der Waals surface area contributed by atoms with Crippen LogP contribution in [0.5, 0.6) is 5.75 Å². The maximum atomic E-state index is 13.8. The van der Waals surface area contributed by atoms with Gasteiger partial charge in [-0.2, -0.15) is 0 Å². The Kier molecular flexibility index (Phi) is 7.91. The zero-order valence-corrected chi connectivity index (χ0v) is 15.6. The van der Waals surface area contributed by atoms with Gasteiger partial charge in [-0.3, -0.25) is 4.79 Å². The third-order valence-electron chi connectivity index (χ3n) is 3.41. The fourth-order valence-electron chi connectivity index (χ4n) is 1.98. The Bertz CT molecular complexity index is 644. The molecule has 1 aromatic carbocycles. The minimum atomic E-state index is -0.412. The van der Waals surface area contributed by atoms with Crippen molar-refractivity contribution in [2.45, 2.75) is 13.5 Å². The normalized spacial score (nSPS) is 11.0. The summed E-state index contributed by atoms with van der Waals surface area (Å²) < 4.78 is 18.8. The molecule has 0 atom stereocenters. The fourth-order valence-corrected chi connectivity index (χ4v) is 1.98. The van der Waals surface area contributed by atoms with Crippen LogP contribution in [0.2, 0.25) is 0 Å². The fraction of sp³-hybridized carbons (Fsp3) is 0.444. The number of carbonyl (C=O) groups excluding carboxylic acids is 1. The summed E-state index contributed by atoms with van der Waals surface area (Å²) in [4.78, 5) is 19.4. The lowest BCUT2D eigenvalue weighted by atomic mass is 10.2. The largest absolute Gasteiger partial charge is 0.494 e. The Morgan fingerprint density at radius 3 is 2.56 bits per heavy atom. The number of benzene rings is 1. The molecule has 1 N–H and O–H groups in total. The first-order chi connectivity index (χ1) is 11.7. The first-order valence-electron chi connectivity index (χ1n) is 7.91. The van der Waals surface area contributed by atoms with Gasteiger partial charge in [0, 0.05) is 34.2 Å². The van der Waals surface area contributed by atoms with E-state index in [0.29, 0.717) is 19.0 Å². The molecule has 7 heteroatoms. The number of likely N-dealkylation sites (N-methyl/N-ethyl adjacent to an activating group) is 1. The van der Waals surface area contributed by atoms with Gasteiger partial charge < -0.3 is 19.9 Å². The minimum Gasteiger partial charge on any atom is -0.494 e. The lowest BCUT2D eigenvalue weighted by Crippen LogP contribution is -2.40. The number of ether oxygens (including phenoxy) is 1. The number of halogens is 1. The SMILES string of the molecule is C=C(C)CNC(=NCC(=O)N(C)C)N(C)Cc1ccc(OC)c(F)c1. The molecule has 0 saturated carbocycles. The quantitative estimate of drug-likeness (QED) is 0.463. The molecule has 0 aromatic heterocycles. The number of nitrogens with one attached hydrogen (secondary N) is 1. The van der Waals surface area contributed by atoms with E-state index in [4.69, 9.17) is 4.74 Å². The lowest BCUT2D eigenvalue weighted by molar-refractivity contribution is -0.127. The Morgan fingerprint density at radius 2 is 2.04 bits per heavy atom. The Balaban J connectivity index is 2.88. The number of hydrogen-bond acceptors (Lipinski definition) is 3. The number of aliphatic imine (C=N–C) groups is 1. The summed E-state index contributed by atoms with van der Waals surface area (Å²) in [6, 6.07) is 4.81. The smallest absolute Gasteiger partial charge is 0.243 e. The van der Waals surface area contributed by atoms with E-state index in [0.717, 1.165) is 11.1 Å². The third kappa shape index (κ3) is 6.82. The molecule has 0 fully saturated rings. The number of nitrogens with zero attached hydrogens (tertiary/aromatic N) is 3. The molecule has 0 radical (unpaired) electrons. The highest BCUT2D eigenvalue weighted by Gasteiger charge is 2.11. The van der Waals surface area contributed by atoms with Crippen LogP contribution >= 0.6 is 0 Å². The summed E-state index contributed by atoms with van der Waals surface area (Å²) in [7, 11) is 6.62. The van der Waals surface area contributed by atoms with Crippen LogP contribution in [0.25, 0.3) is 0 Å². The van der Waals surface area contributed by atoms with Crippen LogP contribution in [-0.4, -0.2) is 63.0 Å². The molecule has 0 bridgehead atoms. The zero-order valence-electron chi connectivity index (χ0n) is 15.6. The van der Waals surface area contributed by atoms with Gasteiger partial charge in [-0.25, -0.2) is 9.38 Å². The second-order valence-electron chi connectivity index (χ2n) is 6.06. The van der Waals surface area contributed by atoms with Crippen molar-refractivity contribution in [2.24, 2.45) is 4.99 Å². The van der Waals surface area contributed by atoms with Crippen molar-refractivity contribution in [1.29, 1.82) is 0 Å². The van der Waals surface area contributed by atoms with Crippen molar-refractivity contribution >= 4 is 11.9 Å². The van der Waals surface area contributed by atoms with Crippen molar-refractivity contribution in [3.63, 3.8) is 0 Å². The molecular weight excluding hydrogens is 323 g/mol. The van der Waals surface area contributed by atoms with Crippen molar-refractivity contribution in [3.8, 4) is 5.75 Å². The van der Waals surface area contributed by atoms with E-state index in [1.165, 1.54) is 18.1 Å². The van der Waals surface area contributed by atoms with Crippen LogP contribution in [-0.2, 0) is 11.3 Å². The zero-order chi connectivity index (χ0) is 19.0.